The van der Waals surface area contributed by atoms with Gasteiger partial charge in [0.1, 0.15) is 0 Å². The number of carbonyl (C=O) groups is 2. The molecule has 1 fully saturated rings. The molecular weight excluding hydrogens is 318 g/mol. The fourth-order valence-electron chi connectivity index (χ4n) is 4.50. The van der Waals surface area contributed by atoms with E-state index in [1.807, 2.05) is 4.90 Å². The van der Waals surface area contributed by atoms with Crippen LogP contribution in [0.1, 0.15) is 51.4 Å². The van der Waals surface area contributed by atoms with Crippen molar-refractivity contribution in [3.05, 3.63) is 11.3 Å². The van der Waals surface area contributed by atoms with Crippen LogP contribution in [-0.4, -0.2) is 44.1 Å². The molecule has 2 aliphatic heterocycles. The summed E-state index contributed by atoms with van der Waals surface area (Å²) in [5.74, 6) is 6.89. The molecule has 1 aliphatic carbocycles. The standard InChI is InChI=1S/C20H27NO4/c1-24-17-13-16-10-12-21-11-8-6-4-3-5-7-9-15(17)14-20(16,18(21)22)19(23)25-2/h16H,4,6-14H2,1-2H3/t16-,20-/m0/s1. The number of rotatable bonds is 2. The van der Waals surface area contributed by atoms with Gasteiger partial charge >= 0.3 is 5.97 Å². The van der Waals surface area contributed by atoms with Gasteiger partial charge in [0.25, 0.3) is 0 Å². The second-order valence-electron chi connectivity index (χ2n) is 7.16. The number of methoxy groups -OCH3 is 2. The third-order valence-corrected chi connectivity index (χ3v) is 5.88. The van der Waals surface area contributed by atoms with Crippen molar-refractivity contribution in [2.75, 3.05) is 27.3 Å². The highest BCUT2D eigenvalue weighted by Crippen LogP contribution is 2.51. The number of piperidine rings is 1. The molecule has 3 rings (SSSR count). The van der Waals surface area contributed by atoms with Crippen molar-refractivity contribution in [3.8, 4) is 11.8 Å². The minimum atomic E-state index is -1.08. The summed E-state index contributed by atoms with van der Waals surface area (Å²) in [4.78, 5) is 28.1. The van der Waals surface area contributed by atoms with Crippen molar-refractivity contribution in [2.24, 2.45) is 11.3 Å². The van der Waals surface area contributed by atoms with Crippen LogP contribution in [0.3, 0.4) is 0 Å². The van der Waals surface area contributed by atoms with Crippen molar-refractivity contribution in [1.82, 2.24) is 4.90 Å². The highest BCUT2D eigenvalue weighted by Gasteiger charge is 2.59. The molecule has 1 amide bonds. The predicted molar refractivity (Wildman–Crippen MR) is 93.3 cm³/mol. The summed E-state index contributed by atoms with van der Waals surface area (Å²) in [6.45, 7) is 1.41. The van der Waals surface area contributed by atoms with Crippen LogP contribution < -0.4 is 0 Å². The van der Waals surface area contributed by atoms with Crippen LogP contribution in [-0.2, 0) is 19.1 Å². The molecule has 0 N–H and O–H groups in total. The molecule has 0 saturated carbocycles. The third kappa shape index (κ3) is 3.15. The van der Waals surface area contributed by atoms with Gasteiger partial charge in [0, 0.05) is 32.4 Å². The minimum Gasteiger partial charge on any atom is -0.501 e. The molecule has 0 spiro atoms. The van der Waals surface area contributed by atoms with Crippen LogP contribution in [0.2, 0.25) is 0 Å². The molecule has 2 atom stereocenters. The first-order valence-corrected chi connectivity index (χ1v) is 9.22. The Bertz CT molecular complexity index is 642. The summed E-state index contributed by atoms with van der Waals surface area (Å²) in [6.07, 6.45) is 6.11. The zero-order valence-electron chi connectivity index (χ0n) is 15.2. The number of allylic oxidation sites excluding steroid dienone is 2. The van der Waals surface area contributed by atoms with Crippen LogP contribution in [0.5, 0.6) is 0 Å². The molecule has 3 bridgehead atoms. The van der Waals surface area contributed by atoms with E-state index in [9.17, 15) is 9.59 Å². The largest absolute Gasteiger partial charge is 0.501 e. The second-order valence-corrected chi connectivity index (χ2v) is 7.16. The van der Waals surface area contributed by atoms with Gasteiger partial charge in [-0.25, -0.2) is 0 Å². The third-order valence-electron chi connectivity index (χ3n) is 5.88. The fraction of sp³-hybridized carbons (Fsp3) is 0.700. The van der Waals surface area contributed by atoms with Crippen molar-refractivity contribution < 1.29 is 19.1 Å². The number of nitrogens with zero attached hydrogens (tertiary/aromatic N) is 1. The van der Waals surface area contributed by atoms with E-state index in [1.165, 1.54) is 7.11 Å². The van der Waals surface area contributed by atoms with Crippen LogP contribution in [0, 0.1) is 23.2 Å². The molecule has 3 aliphatic rings. The maximum absolute atomic E-state index is 13.4. The molecule has 5 heteroatoms. The molecule has 0 unspecified atom stereocenters. The molecule has 136 valence electrons. The SMILES string of the molecule is COC(=O)[C@@]12CC3=C(OC)C[C@@H]1CCN(CCCCC#CCC3)C2=O. The number of amides is 1. The predicted octanol–water partition coefficient (Wildman–Crippen LogP) is 2.66. The number of hydrogen-bond donors (Lipinski definition) is 0. The fourth-order valence-corrected chi connectivity index (χ4v) is 4.50. The van der Waals surface area contributed by atoms with E-state index in [2.05, 4.69) is 11.8 Å². The Morgan fingerprint density at radius 1 is 1.20 bits per heavy atom. The Hall–Kier alpha value is -1.96. The zero-order chi connectivity index (χ0) is 17.9. The number of ether oxygens (including phenoxy) is 2. The summed E-state index contributed by atoms with van der Waals surface area (Å²) in [5.41, 5.74) is -0.0286. The van der Waals surface area contributed by atoms with E-state index >= 15 is 0 Å². The van der Waals surface area contributed by atoms with Gasteiger partial charge in [-0.15, -0.1) is 11.8 Å². The zero-order valence-corrected chi connectivity index (χ0v) is 15.2. The van der Waals surface area contributed by atoms with Crippen LogP contribution in [0.4, 0.5) is 0 Å². The lowest BCUT2D eigenvalue weighted by molar-refractivity contribution is -0.173. The van der Waals surface area contributed by atoms with Crippen molar-refractivity contribution in [1.29, 1.82) is 0 Å². The van der Waals surface area contributed by atoms with E-state index in [4.69, 9.17) is 9.47 Å². The maximum atomic E-state index is 13.4. The Morgan fingerprint density at radius 3 is 2.76 bits per heavy atom. The number of carbonyl (C=O) groups excluding carboxylic acids is 2. The van der Waals surface area contributed by atoms with Gasteiger partial charge < -0.3 is 14.4 Å². The number of esters is 1. The van der Waals surface area contributed by atoms with E-state index < -0.39 is 5.41 Å². The number of fused-ring (bicyclic) bond motifs is 2. The first-order chi connectivity index (χ1) is 12.1. The van der Waals surface area contributed by atoms with Crippen LogP contribution in [0.25, 0.3) is 0 Å². The second kappa shape index (κ2) is 7.51. The Morgan fingerprint density at radius 2 is 2.00 bits per heavy atom. The van der Waals surface area contributed by atoms with E-state index in [1.54, 1.807) is 7.11 Å². The Balaban J connectivity index is 2.04. The van der Waals surface area contributed by atoms with Gasteiger partial charge in [0.05, 0.1) is 20.0 Å². The molecule has 25 heavy (non-hydrogen) atoms. The highest BCUT2D eigenvalue weighted by molar-refractivity contribution is 6.04. The molecule has 0 aromatic heterocycles. The van der Waals surface area contributed by atoms with E-state index in [0.29, 0.717) is 25.9 Å². The molecular formula is C20H27NO4. The van der Waals surface area contributed by atoms with E-state index in [-0.39, 0.29) is 17.8 Å². The Kier molecular flexibility index (Phi) is 5.36. The molecule has 0 radical (unpaired) electrons. The van der Waals surface area contributed by atoms with Crippen molar-refractivity contribution >= 4 is 11.9 Å². The number of hydrogen-bond acceptors (Lipinski definition) is 4. The van der Waals surface area contributed by atoms with Crippen LogP contribution in [0.15, 0.2) is 11.3 Å². The van der Waals surface area contributed by atoms with Crippen molar-refractivity contribution in [3.63, 3.8) is 0 Å². The molecule has 2 heterocycles. The average Bonchev–Trinajstić information content (AvgIpc) is 2.64. The van der Waals surface area contributed by atoms with Gasteiger partial charge in [-0.3, -0.25) is 9.59 Å². The normalized spacial score (nSPS) is 29.8. The first kappa shape index (κ1) is 17.8. The summed E-state index contributed by atoms with van der Waals surface area (Å²) in [7, 11) is 3.06. The first-order valence-electron chi connectivity index (χ1n) is 9.22. The molecule has 0 aromatic rings. The summed E-state index contributed by atoms with van der Waals surface area (Å²) in [6, 6.07) is 0. The van der Waals surface area contributed by atoms with Crippen LogP contribution >= 0.6 is 0 Å². The topological polar surface area (TPSA) is 55.8 Å². The maximum Gasteiger partial charge on any atom is 0.322 e. The van der Waals surface area contributed by atoms with Crippen molar-refractivity contribution in [2.45, 2.75) is 51.4 Å². The monoisotopic (exact) mass is 345 g/mol. The minimum absolute atomic E-state index is 0.0430. The summed E-state index contributed by atoms with van der Waals surface area (Å²) < 4.78 is 10.8. The van der Waals surface area contributed by atoms with Gasteiger partial charge in [0.15, 0.2) is 5.41 Å². The Labute approximate surface area is 149 Å². The smallest absolute Gasteiger partial charge is 0.322 e. The van der Waals surface area contributed by atoms with Gasteiger partial charge in [-0.1, -0.05) is 0 Å². The van der Waals surface area contributed by atoms with Gasteiger partial charge in [0.2, 0.25) is 5.91 Å². The summed E-state index contributed by atoms with van der Waals surface area (Å²) >= 11 is 0. The highest BCUT2D eigenvalue weighted by atomic mass is 16.5. The molecule has 1 saturated heterocycles. The van der Waals surface area contributed by atoms with Gasteiger partial charge in [-0.05, 0) is 43.6 Å². The van der Waals surface area contributed by atoms with E-state index in [0.717, 1.165) is 49.9 Å². The average molecular weight is 345 g/mol. The molecule has 0 aromatic carbocycles. The van der Waals surface area contributed by atoms with Gasteiger partial charge in [-0.2, -0.15) is 0 Å². The summed E-state index contributed by atoms with van der Waals surface area (Å²) in [5, 5.41) is 0. The lowest BCUT2D eigenvalue weighted by atomic mass is 9.61. The lowest BCUT2D eigenvalue weighted by Crippen LogP contribution is -2.59. The lowest BCUT2D eigenvalue weighted by Gasteiger charge is -2.48. The molecule has 5 nitrogen and oxygen atoms in total. The quantitative estimate of drug-likeness (QED) is 0.439.